The van der Waals surface area contributed by atoms with Gasteiger partial charge in [0.2, 0.25) is 17.1 Å². The van der Waals surface area contributed by atoms with E-state index in [1.807, 2.05) is 6.07 Å². The lowest BCUT2D eigenvalue weighted by molar-refractivity contribution is -0.140. The molecule has 2 aliphatic heterocycles. The fourth-order valence-electron chi connectivity index (χ4n) is 4.22. The van der Waals surface area contributed by atoms with Crippen LogP contribution in [0.25, 0.3) is 5.76 Å². The van der Waals surface area contributed by atoms with Crippen molar-refractivity contribution in [3.63, 3.8) is 0 Å². The number of anilines is 1. The molecular formula is C23H15Cl2N3O4. The Morgan fingerprint density at radius 1 is 1.09 bits per heavy atom. The Labute approximate surface area is 193 Å². The second-order valence-corrected chi connectivity index (χ2v) is 7.80. The highest BCUT2D eigenvalue weighted by Gasteiger charge is 2.60. The van der Waals surface area contributed by atoms with Crippen LogP contribution in [0, 0.1) is 0 Å². The number of fused-ring (bicyclic) bond motifs is 4. The summed E-state index contributed by atoms with van der Waals surface area (Å²) in [4.78, 5) is 35.4. The zero-order valence-corrected chi connectivity index (χ0v) is 18.2. The number of nitrogens with zero attached hydrogens (tertiary/aromatic N) is 2. The van der Waals surface area contributed by atoms with E-state index >= 15 is 0 Å². The van der Waals surface area contributed by atoms with E-state index in [9.17, 15) is 9.59 Å². The van der Waals surface area contributed by atoms with Crippen LogP contribution in [-0.2, 0) is 19.7 Å². The van der Waals surface area contributed by atoms with Gasteiger partial charge in [-0.15, -0.1) is 0 Å². The van der Waals surface area contributed by atoms with Crippen molar-refractivity contribution >= 4 is 46.5 Å². The fraction of sp³-hybridized carbons (Fsp3) is 0.130. The Kier molecular flexibility index (Phi) is 4.87. The molecule has 3 aromatic rings. The van der Waals surface area contributed by atoms with Crippen LogP contribution >= 0.6 is 23.2 Å². The SMILES string of the molecule is CCOC(=O)C1=C(c2ccccc2)Oc2nc(Cl)nc(Cl)c2C12C(=O)Nc1ccccc12. The lowest BCUT2D eigenvalue weighted by atomic mass is 9.68. The quantitative estimate of drug-likeness (QED) is 0.349. The first-order valence-corrected chi connectivity index (χ1v) is 10.5. The van der Waals surface area contributed by atoms with Gasteiger partial charge in [-0.05, 0) is 24.6 Å². The van der Waals surface area contributed by atoms with Crippen LogP contribution in [-0.4, -0.2) is 28.5 Å². The van der Waals surface area contributed by atoms with Gasteiger partial charge in [-0.2, -0.15) is 4.98 Å². The highest BCUT2D eigenvalue weighted by Crippen LogP contribution is 2.56. The molecule has 2 aromatic carbocycles. The third-order valence-corrected chi connectivity index (χ3v) is 5.86. The number of aromatic nitrogens is 2. The number of ether oxygens (including phenoxy) is 2. The molecule has 0 aliphatic carbocycles. The van der Waals surface area contributed by atoms with Crippen LogP contribution in [0.2, 0.25) is 10.4 Å². The molecule has 32 heavy (non-hydrogen) atoms. The number of esters is 1. The second-order valence-electron chi connectivity index (χ2n) is 7.11. The van der Waals surface area contributed by atoms with E-state index in [1.54, 1.807) is 55.5 Å². The molecule has 1 N–H and O–H groups in total. The Morgan fingerprint density at radius 2 is 1.81 bits per heavy atom. The molecule has 9 heteroatoms. The molecule has 1 aromatic heterocycles. The maximum Gasteiger partial charge on any atom is 0.339 e. The number of hydrogen-bond donors (Lipinski definition) is 1. The first-order chi connectivity index (χ1) is 15.5. The predicted molar refractivity (Wildman–Crippen MR) is 119 cm³/mol. The number of hydrogen-bond acceptors (Lipinski definition) is 6. The van der Waals surface area contributed by atoms with Crippen molar-refractivity contribution in [1.82, 2.24) is 9.97 Å². The van der Waals surface area contributed by atoms with Gasteiger partial charge in [0, 0.05) is 16.8 Å². The molecule has 7 nitrogen and oxygen atoms in total. The minimum atomic E-state index is -1.69. The number of nitrogens with one attached hydrogen (secondary N) is 1. The van der Waals surface area contributed by atoms with Gasteiger partial charge in [0.25, 0.3) is 0 Å². The fourth-order valence-corrected chi connectivity index (χ4v) is 4.72. The van der Waals surface area contributed by atoms with Crippen molar-refractivity contribution < 1.29 is 19.1 Å². The summed E-state index contributed by atoms with van der Waals surface area (Å²) in [6, 6.07) is 16.0. The molecule has 5 rings (SSSR count). The van der Waals surface area contributed by atoms with Gasteiger partial charge in [0.05, 0.1) is 12.2 Å². The van der Waals surface area contributed by atoms with Crippen LogP contribution in [0.5, 0.6) is 5.88 Å². The molecular weight excluding hydrogens is 453 g/mol. The van der Waals surface area contributed by atoms with E-state index in [1.165, 1.54) is 0 Å². The Morgan fingerprint density at radius 3 is 2.56 bits per heavy atom. The summed E-state index contributed by atoms with van der Waals surface area (Å²) in [7, 11) is 0. The van der Waals surface area contributed by atoms with Crippen LogP contribution in [0.4, 0.5) is 5.69 Å². The maximum absolute atomic E-state index is 13.7. The number of carbonyl (C=O) groups is 2. The van der Waals surface area contributed by atoms with Crippen LogP contribution in [0.15, 0.2) is 60.2 Å². The Bertz CT molecular complexity index is 1310. The highest BCUT2D eigenvalue weighted by molar-refractivity contribution is 6.34. The third kappa shape index (κ3) is 2.82. The molecule has 1 spiro atoms. The summed E-state index contributed by atoms with van der Waals surface area (Å²) < 4.78 is 11.5. The van der Waals surface area contributed by atoms with Gasteiger partial charge < -0.3 is 14.8 Å². The summed E-state index contributed by atoms with van der Waals surface area (Å²) in [6.07, 6.45) is 0. The third-order valence-electron chi connectivity index (χ3n) is 5.42. The molecule has 0 saturated heterocycles. The van der Waals surface area contributed by atoms with Gasteiger partial charge in [-0.3, -0.25) is 4.79 Å². The number of halogens is 2. The minimum Gasteiger partial charge on any atom is -0.462 e. The smallest absolute Gasteiger partial charge is 0.339 e. The number of para-hydroxylation sites is 1. The molecule has 0 bridgehead atoms. The number of rotatable bonds is 3. The van der Waals surface area contributed by atoms with Gasteiger partial charge >= 0.3 is 5.97 Å². The van der Waals surface area contributed by atoms with Crippen molar-refractivity contribution in [1.29, 1.82) is 0 Å². The Hall–Kier alpha value is -3.42. The van der Waals surface area contributed by atoms with Gasteiger partial charge in [0.15, 0.2) is 0 Å². The van der Waals surface area contributed by atoms with E-state index in [-0.39, 0.29) is 39.8 Å². The topological polar surface area (TPSA) is 90.4 Å². The zero-order valence-electron chi connectivity index (χ0n) is 16.7. The molecule has 0 fully saturated rings. The van der Waals surface area contributed by atoms with Gasteiger partial charge in [-0.25, -0.2) is 9.78 Å². The van der Waals surface area contributed by atoms with Crippen molar-refractivity contribution in [2.75, 3.05) is 11.9 Å². The van der Waals surface area contributed by atoms with Crippen molar-refractivity contribution in [2.45, 2.75) is 12.3 Å². The minimum absolute atomic E-state index is 0.00578. The molecule has 3 heterocycles. The molecule has 1 unspecified atom stereocenters. The first kappa shape index (κ1) is 20.5. The predicted octanol–water partition coefficient (Wildman–Crippen LogP) is 4.39. The monoisotopic (exact) mass is 467 g/mol. The standard InChI is InChI=1S/C23H15Cl2N3O4/c1-2-31-20(29)15-17(12-8-4-3-5-9-12)32-19-16(18(24)27-22(25)28-19)23(15)13-10-6-7-11-14(13)26-21(23)30/h3-11H,2H2,1H3,(H,26,30). The average molecular weight is 468 g/mol. The number of amides is 1. The lowest BCUT2D eigenvalue weighted by Gasteiger charge is -2.36. The normalized spacial score (nSPS) is 18.7. The maximum atomic E-state index is 13.7. The van der Waals surface area contributed by atoms with Crippen molar-refractivity contribution in [2.24, 2.45) is 0 Å². The van der Waals surface area contributed by atoms with E-state index < -0.39 is 17.3 Å². The van der Waals surface area contributed by atoms with Crippen molar-refractivity contribution in [3.8, 4) is 5.88 Å². The molecule has 0 radical (unpaired) electrons. The van der Waals surface area contributed by atoms with E-state index in [4.69, 9.17) is 32.7 Å². The summed E-state index contributed by atoms with van der Waals surface area (Å²) in [5.41, 5.74) is 0.0404. The van der Waals surface area contributed by atoms with Crippen LogP contribution in [0.1, 0.15) is 23.6 Å². The van der Waals surface area contributed by atoms with E-state index in [0.717, 1.165) is 0 Å². The van der Waals surface area contributed by atoms with Crippen LogP contribution < -0.4 is 10.1 Å². The van der Waals surface area contributed by atoms with Gasteiger partial charge in [0.1, 0.15) is 21.9 Å². The zero-order chi connectivity index (χ0) is 22.5. The molecule has 1 atom stereocenters. The first-order valence-electron chi connectivity index (χ1n) is 9.78. The molecule has 1 amide bonds. The second kappa shape index (κ2) is 7.62. The lowest BCUT2D eigenvalue weighted by Crippen LogP contribution is -2.45. The summed E-state index contributed by atoms with van der Waals surface area (Å²) in [6.45, 7) is 1.78. The summed E-state index contributed by atoms with van der Waals surface area (Å²) >= 11 is 12.6. The summed E-state index contributed by atoms with van der Waals surface area (Å²) in [5, 5.41) is 2.61. The van der Waals surface area contributed by atoms with E-state index in [2.05, 4.69) is 15.3 Å². The largest absolute Gasteiger partial charge is 0.462 e. The highest BCUT2D eigenvalue weighted by atomic mass is 35.5. The molecule has 2 aliphatic rings. The average Bonchev–Trinajstić information content (AvgIpc) is 3.06. The van der Waals surface area contributed by atoms with E-state index in [0.29, 0.717) is 16.8 Å². The number of carbonyl (C=O) groups excluding carboxylic acids is 2. The number of benzene rings is 2. The van der Waals surface area contributed by atoms with Gasteiger partial charge in [-0.1, -0.05) is 60.1 Å². The summed E-state index contributed by atoms with van der Waals surface area (Å²) in [5.74, 6) is -1.08. The van der Waals surface area contributed by atoms with Crippen LogP contribution in [0.3, 0.4) is 0 Å². The van der Waals surface area contributed by atoms with Crippen molar-refractivity contribution in [3.05, 3.63) is 87.3 Å². The Balaban J connectivity index is 1.96. The molecule has 0 saturated carbocycles. The molecule has 160 valence electrons.